The molecule has 3 heteroatoms. The van der Waals surface area contributed by atoms with Crippen molar-refractivity contribution in [2.75, 3.05) is 4.90 Å². The summed E-state index contributed by atoms with van der Waals surface area (Å²) in [5.41, 5.74) is 6.32. The average Bonchev–Trinajstić information content (AvgIpc) is 3.04. The molecule has 0 aliphatic carbocycles. The number of aromatic nitrogens is 2. The SMILES string of the molecule is CCc1c(C)[nH]c2c(N(Cc3ccccc3)Cc3ccccc3)nccc12. The molecule has 2 heterocycles. The molecule has 0 saturated heterocycles. The Morgan fingerprint density at radius 2 is 1.44 bits per heavy atom. The van der Waals surface area contributed by atoms with Crippen LogP contribution in [0.1, 0.15) is 29.3 Å². The third-order valence-electron chi connectivity index (χ3n) is 5.11. The van der Waals surface area contributed by atoms with Crippen LogP contribution in [-0.4, -0.2) is 9.97 Å². The molecular weight excluding hydrogens is 330 g/mol. The molecule has 0 amide bonds. The minimum absolute atomic E-state index is 0.821. The molecule has 1 N–H and O–H groups in total. The second kappa shape index (κ2) is 7.67. The summed E-state index contributed by atoms with van der Waals surface area (Å²) in [6, 6.07) is 23.3. The van der Waals surface area contributed by atoms with Crippen LogP contribution in [0.4, 0.5) is 5.82 Å². The molecule has 4 rings (SSSR count). The van der Waals surface area contributed by atoms with Crippen molar-refractivity contribution in [2.24, 2.45) is 0 Å². The molecule has 0 spiro atoms. The molecule has 4 aromatic rings. The predicted octanol–water partition coefficient (Wildman–Crippen LogP) is 5.64. The third kappa shape index (κ3) is 3.59. The standard InChI is InChI=1S/C24H25N3/c1-3-21-18(2)26-23-22(21)14-15-25-24(23)27(16-19-10-6-4-7-11-19)17-20-12-8-5-9-13-20/h4-15,26H,3,16-17H2,1-2H3. The van der Waals surface area contributed by atoms with Crippen molar-refractivity contribution in [2.45, 2.75) is 33.4 Å². The normalized spacial score (nSPS) is 11.0. The molecule has 0 fully saturated rings. The summed E-state index contributed by atoms with van der Waals surface area (Å²) in [7, 11) is 0. The van der Waals surface area contributed by atoms with Crippen LogP contribution in [0.15, 0.2) is 72.9 Å². The van der Waals surface area contributed by atoms with Gasteiger partial charge in [-0.25, -0.2) is 4.98 Å². The molecule has 2 aromatic carbocycles. The van der Waals surface area contributed by atoms with Gasteiger partial charge >= 0.3 is 0 Å². The van der Waals surface area contributed by atoms with E-state index in [2.05, 4.69) is 90.5 Å². The molecule has 0 aliphatic heterocycles. The molecule has 136 valence electrons. The maximum absolute atomic E-state index is 4.78. The number of anilines is 1. The van der Waals surface area contributed by atoms with Crippen LogP contribution in [0.5, 0.6) is 0 Å². The number of benzene rings is 2. The number of hydrogen-bond acceptors (Lipinski definition) is 2. The molecule has 3 nitrogen and oxygen atoms in total. The molecule has 2 aromatic heterocycles. The van der Waals surface area contributed by atoms with E-state index in [-0.39, 0.29) is 0 Å². The minimum atomic E-state index is 0.821. The first kappa shape index (κ1) is 17.3. The molecule has 27 heavy (non-hydrogen) atoms. The molecule has 0 aliphatic rings. The number of nitrogens with one attached hydrogen (secondary N) is 1. The van der Waals surface area contributed by atoms with Gasteiger partial charge in [-0.1, -0.05) is 67.6 Å². The van der Waals surface area contributed by atoms with E-state index in [0.717, 1.165) is 30.8 Å². The van der Waals surface area contributed by atoms with Crippen LogP contribution in [0, 0.1) is 6.92 Å². The lowest BCUT2D eigenvalue weighted by molar-refractivity contribution is 0.787. The fourth-order valence-corrected chi connectivity index (χ4v) is 3.80. The number of H-pyrrole nitrogens is 1. The summed E-state index contributed by atoms with van der Waals surface area (Å²) in [4.78, 5) is 10.7. The fraction of sp³-hybridized carbons (Fsp3) is 0.208. The van der Waals surface area contributed by atoms with Gasteiger partial charge in [-0.15, -0.1) is 0 Å². The second-order valence-electron chi connectivity index (χ2n) is 6.97. The molecular formula is C24H25N3. The smallest absolute Gasteiger partial charge is 0.153 e. The van der Waals surface area contributed by atoms with E-state index in [9.17, 15) is 0 Å². The van der Waals surface area contributed by atoms with Gasteiger partial charge in [0.1, 0.15) is 0 Å². The van der Waals surface area contributed by atoms with Gasteiger partial charge in [0.15, 0.2) is 5.82 Å². The highest BCUT2D eigenvalue weighted by molar-refractivity contribution is 5.92. The maximum Gasteiger partial charge on any atom is 0.153 e. The second-order valence-corrected chi connectivity index (χ2v) is 6.97. The van der Waals surface area contributed by atoms with Gasteiger partial charge < -0.3 is 9.88 Å². The van der Waals surface area contributed by atoms with Gasteiger partial charge in [-0.3, -0.25) is 0 Å². The Hall–Kier alpha value is -3.07. The van der Waals surface area contributed by atoms with E-state index in [1.165, 1.54) is 27.8 Å². The van der Waals surface area contributed by atoms with E-state index in [1.54, 1.807) is 0 Å². The summed E-state index contributed by atoms with van der Waals surface area (Å²) in [5.74, 6) is 1.02. The summed E-state index contributed by atoms with van der Waals surface area (Å²) < 4.78 is 0. The molecule has 0 unspecified atom stereocenters. The number of fused-ring (bicyclic) bond motifs is 1. The summed E-state index contributed by atoms with van der Waals surface area (Å²) in [6.45, 7) is 6.01. The zero-order valence-corrected chi connectivity index (χ0v) is 15.9. The first-order valence-corrected chi connectivity index (χ1v) is 9.55. The zero-order valence-electron chi connectivity index (χ0n) is 15.9. The highest BCUT2D eigenvalue weighted by Gasteiger charge is 2.17. The van der Waals surface area contributed by atoms with Crippen LogP contribution in [0.3, 0.4) is 0 Å². The van der Waals surface area contributed by atoms with Crippen molar-refractivity contribution in [1.29, 1.82) is 0 Å². The van der Waals surface area contributed by atoms with Crippen LogP contribution >= 0.6 is 0 Å². The first-order valence-electron chi connectivity index (χ1n) is 9.55. The topological polar surface area (TPSA) is 31.9 Å². The largest absolute Gasteiger partial charge is 0.355 e. The Kier molecular flexibility index (Phi) is 4.93. The van der Waals surface area contributed by atoms with Gasteiger partial charge in [-0.05, 0) is 36.1 Å². The van der Waals surface area contributed by atoms with Crippen molar-refractivity contribution in [3.05, 3.63) is 95.3 Å². The van der Waals surface area contributed by atoms with Crippen LogP contribution in [0.25, 0.3) is 10.9 Å². The van der Waals surface area contributed by atoms with E-state index >= 15 is 0 Å². The van der Waals surface area contributed by atoms with Gasteiger partial charge in [0.2, 0.25) is 0 Å². The summed E-state index contributed by atoms with van der Waals surface area (Å²) in [5, 5.41) is 1.28. The Morgan fingerprint density at radius 1 is 0.852 bits per heavy atom. The van der Waals surface area contributed by atoms with Crippen molar-refractivity contribution in [1.82, 2.24) is 9.97 Å². The average molecular weight is 355 g/mol. The molecule has 0 bridgehead atoms. The lowest BCUT2D eigenvalue weighted by Gasteiger charge is -2.25. The summed E-state index contributed by atoms with van der Waals surface area (Å²) in [6.07, 6.45) is 2.96. The van der Waals surface area contributed by atoms with Gasteiger partial charge in [-0.2, -0.15) is 0 Å². The number of nitrogens with zero attached hydrogens (tertiary/aromatic N) is 2. The zero-order chi connectivity index (χ0) is 18.6. The van der Waals surface area contributed by atoms with Crippen molar-refractivity contribution in [3.8, 4) is 0 Å². The van der Waals surface area contributed by atoms with Crippen molar-refractivity contribution in [3.63, 3.8) is 0 Å². The maximum atomic E-state index is 4.78. The highest BCUT2D eigenvalue weighted by atomic mass is 15.2. The number of rotatable bonds is 6. The quantitative estimate of drug-likeness (QED) is 0.485. The summed E-state index contributed by atoms with van der Waals surface area (Å²) >= 11 is 0. The Balaban J connectivity index is 1.79. The minimum Gasteiger partial charge on any atom is -0.355 e. The van der Waals surface area contributed by atoms with Crippen LogP contribution in [0.2, 0.25) is 0 Å². The van der Waals surface area contributed by atoms with Crippen LogP contribution in [-0.2, 0) is 19.5 Å². The fourth-order valence-electron chi connectivity index (χ4n) is 3.80. The van der Waals surface area contributed by atoms with Gasteiger partial charge in [0.25, 0.3) is 0 Å². The number of aromatic amines is 1. The molecule has 0 radical (unpaired) electrons. The van der Waals surface area contributed by atoms with E-state index in [1.807, 2.05) is 6.20 Å². The molecule has 0 saturated carbocycles. The van der Waals surface area contributed by atoms with E-state index in [0.29, 0.717) is 0 Å². The lowest BCUT2D eigenvalue weighted by Crippen LogP contribution is -2.23. The van der Waals surface area contributed by atoms with Crippen LogP contribution < -0.4 is 4.90 Å². The van der Waals surface area contributed by atoms with E-state index in [4.69, 9.17) is 4.98 Å². The Labute approximate surface area is 160 Å². The van der Waals surface area contributed by atoms with E-state index < -0.39 is 0 Å². The Morgan fingerprint density at radius 3 is 2.00 bits per heavy atom. The first-order chi connectivity index (χ1) is 13.3. The highest BCUT2D eigenvalue weighted by Crippen LogP contribution is 2.30. The predicted molar refractivity (Wildman–Crippen MR) is 113 cm³/mol. The number of aryl methyl sites for hydroxylation is 2. The monoisotopic (exact) mass is 355 g/mol. The van der Waals surface area contributed by atoms with Gasteiger partial charge in [0, 0.05) is 30.4 Å². The number of hydrogen-bond donors (Lipinski definition) is 1. The Bertz CT molecular complexity index is 978. The lowest BCUT2D eigenvalue weighted by atomic mass is 10.1. The third-order valence-corrected chi connectivity index (χ3v) is 5.11. The van der Waals surface area contributed by atoms with Crippen molar-refractivity contribution < 1.29 is 0 Å². The number of pyridine rings is 1. The van der Waals surface area contributed by atoms with Gasteiger partial charge in [0.05, 0.1) is 5.52 Å². The van der Waals surface area contributed by atoms with Crippen molar-refractivity contribution >= 4 is 16.7 Å². The molecule has 0 atom stereocenters.